The number of ether oxygens (including phenoxy) is 2. The van der Waals surface area contributed by atoms with Crippen molar-refractivity contribution >= 4 is 23.5 Å². The van der Waals surface area contributed by atoms with Crippen molar-refractivity contribution in [2.24, 2.45) is 0 Å². The summed E-state index contributed by atoms with van der Waals surface area (Å²) in [7, 11) is 0. The van der Waals surface area contributed by atoms with Crippen LogP contribution in [0.25, 0.3) is 0 Å². The molecule has 0 aliphatic carbocycles. The lowest BCUT2D eigenvalue weighted by Crippen LogP contribution is -2.52. The summed E-state index contributed by atoms with van der Waals surface area (Å²) in [6.07, 6.45) is 0.781. The summed E-state index contributed by atoms with van der Waals surface area (Å²) in [5.41, 5.74) is 1.46. The molecule has 1 aliphatic rings. The molecule has 1 N–H and O–H groups in total. The number of hydrogen-bond acceptors (Lipinski definition) is 6. The van der Waals surface area contributed by atoms with Crippen LogP contribution >= 0.6 is 0 Å². The van der Waals surface area contributed by atoms with Crippen LogP contribution in [0.5, 0.6) is 5.75 Å². The fourth-order valence-electron chi connectivity index (χ4n) is 3.59. The van der Waals surface area contributed by atoms with Crippen LogP contribution in [0, 0.1) is 6.92 Å². The standard InChI is InChI=1S/C24H29N3O5/c1-5-16(6-2)26-22(28)21-14-27(19-10-8-9-11-20(19)32-21)23(29)18-13-12-17(15(4)25-18)24(30)31-7-3/h8-13,16,21H,5-7,14H2,1-4H3,(H,26,28). The van der Waals surface area contributed by atoms with Crippen LogP contribution < -0.4 is 15.0 Å². The zero-order valence-corrected chi connectivity index (χ0v) is 18.9. The lowest BCUT2D eigenvalue weighted by atomic mass is 10.1. The summed E-state index contributed by atoms with van der Waals surface area (Å²) in [6.45, 7) is 7.71. The Hall–Kier alpha value is -3.42. The molecule has 0 spiro atoms. The summed E-state index contributed by atoms with van der Waals surface area (Å²) in [5.74, 6) is -0.657. The zero-order chi connectivity index (χ0) is 23.3. The molecule has 2 amide bonds. The first-order valence-electron chi connectivity index (χ1n) is 10.9. The maximum atomic E-state index is 13.4. The summed E-state index contributed by atoms with van der Waals surface area (Å²) < 4.78 is 10.9. The van der Waals surface area contributed by atoms with E-state index in [0.717, 1.165) is 12.8 Å². The predicted octanol–water partition coefficient (Wildman–Crippen LogP) is 3.28. The second-order valence-electron chi connectivity index (χ2n) is 7.56. The van der Waals surface area contributed by atoms with Gasteiger partial charge in [0.25, 0.3) is 11.8 Å². The van der Waals surface area contributed by atoms with Gasteiger partial charge < -0.3 is 14.8 Å². The Balaban J connectivity index is 1.88. The smallest absolute Gasteiger partial charge is 0.339 e. The van der Waals surface area contributed by atoms with Crippen LogP contribution in [0.4, 0.5) is 5.69 Å². The lowest BCUT2D eigenvalue weighted by molar-refractivity contribution is -0.128. The number of carbonyl (C=O) groups excluding carboxylic acids is 3. The summed E-state index contributed by atoms with van der Waals surface area (Å²) in [6, 6.07) is 10.2. The summed E-state index contributed by atoms with van der Waals surface area (Å²) in [5, 5.41) is 2.99. The van der Waals surface area contributed by atoms with E-state index in [9.17, 15) is 14.4 Å². The molecule has 3 rings (SSSR count). The van der Waals surface area contributed by atoms with Crippen LogP contribution in [0.2, 0.25) is 0 Å². The first kappa shape index (κ1) is 23.2. The highest BCUT2D eigenvalue weighted by molar-refractivity contribution is 6.07. The first-order valence-corrected chi connectivity index (χ1v) is 10.9. The molecule has 1 unspecified atom stereocenters. The van der Waals surface area contributed by atoms with E-state index in [1.807, 2.05) is 13.8 Å². The van der Waals surface area contributed by atoms with Crippen molar-refractivity contribution in [3.05, 3.63) is 53.3 Å². The van der Waals surface area contributed by atoms with Crippen LogP contribution in [-0.2, 0) is 9.53 Å². The Labute approximate surface area is 187 Å². The number of aromatic nitrogens is 1. The second-order valence-corrected chi connectivity index (χ2v) is 7.56. The molecule has 1 aromatic carbocycles. The molecule has 0 saturated carbocycles. The number of anilines is 1. The average molecular weight is 440 g/mol. The number of rotatable bonds is 7. The van der Waals surface area contributed by atoms with Gasteiger partial charge in [0.05, 0.1) is 30.1 Å². The maximum absolute atomic E-state index is 13.4. The van der Waals surface area contributed by atoms with Crippen molar-refractivity contribution < 1.29 is 23.9 Å². The Morgan fingerprint density at radius 2 is 1.88 bits per heavy atom. The number of para-hydroxylation sites is 2. The molecule has 170 valence electrons. The van der Waals surface area contributed by atoms with Gasteiger partial charge in [0.2, 0.25) is 0 Å². The molecule has 1 aromatic heterocycles. The van der Waals surface area contributed by atoms with Crippen LogP contribution in [0.3, 0.4) is 0 Å². The minimum atomic E-state index is -0.839. The van der Waals surface area contributed by atoms with Gasteiger partial charge in [0, 0.05) is 6.04 Å². The highest BCUT2D eigenvalue weighted by Crippen LogP contribution is 2.34. The number of fused-ring (bicyclic) bond motifs is 1. The molecule has 8 heteroatoms. The summed E-state index contributed by atoms with van der Waals surface area (Å²) >= 11 is 0. The number of esters is 1. The Morgan fingerprint density at radius 3 is 2.53 bits per heavy atom. The van der Waals surface area contributed by atoms with E-state index in [0.29, 0.717) is 22.7 Å². The van der Waals surface area contributed by atoms with Crippen LogP contribution in [0.1, 0.15) is 60.2 Å². The number of hydrogen-bond donors (Lipinski definition) is 1. The quantitative estimate of drug-likeness (QED) is 0.665. The van der Waals surface area contributed by atoms with Gasteiger partial charge in [-0.3, -0.25) is 14.5 Å². The van der Waals surface area contributed by atoms with Gasteiger partial charge in [-0.1, -0.05) is 26.0 Å². The van der Waals surface area contributed by atoms with Crippen molar-refractivity contribution in [3.8, 4) is 5.75 Å². The Kier molecular flexibility index (Phi) is 7.45. The van der Waals surface area contributed by atoms with Crippen LogP contribution in [-0.4, -0.2) is 48.1 Å². The predicted molar refractivity (Wildman–Crippen MR) is 120 cm³/mol. The van der Waals surface area contributed by atoms with E-state index >= 15 is 0 Å². The topological polar surface area (TPSA) is 97.8 Å². The Morgan fingerprint density at radius 1 is 1.16 bits per heavy atom. The van der Waals surface area contributed by atoms with Gasteiger partial charge in [0.1, 0.15) is 11.4 Å². The number of carbonyl (C=O) groups is 3. The molecule has 0 radical (unpaired) electrons. The summed E-state index contributed by atoms with van der Waals surface area (Å²) in [4.78, 5) is 44.1. The monoisotopic (exact) mass is 439 g/mol. The van der Waals surface area contributed by atoms with E-state index < -0.39 is 12.1 Å². The molecular formula is C24H29N3O5. The Bertz CT molecular complexity index is 1000. The number of amides is 2. The highest BCUT2D eigenvalue weighted by Gasteiger charge is 2.35. The van der Waals surface area contributed by atoms with Crippen LogP contribution in [0.15, 0.2) is 36.4 Å². The minimum absolute atomic E-state index is 0.0483. The first-order chi connectivity index (χ1) is 15.4. The largest absolute Gasteiger partial charge is 0.477 e. The maximum Gasteiger partial charge on any atom is 0.339 e. The van der Waals surface area contributed by atoms with Gasteiger partial charge in [-0.15, -0.1) is 0 Å². The average Bonchev–Trinajstić information content (AvgIpc) is 2.81. The third kappa shape index (κ3) is 4.90. The third-order valence-corrected chi connectivity index (χ3v) is 5.44. The molecule has 1 aliphatic heterocycles. The molecule has 2 aromatic rings. The molecule has 1 atom stereocenters. The third-order valence-electron chi connectivity index (χ3n) is 5.44. The number of nitrogens with one attached hydrogen (secondary N) is 1. The van der Waals surface area contributed by atoms with Gasteiger partial charge in [0.15, 0.2) is 6.10 Å². The molecule has 2 heterocycles. The SMILES string of the molecule is CCOC(=O)c1ccc(C(=O)N2CC(C(=O)NC(CC)CC)Oc3ccccc32)nc1C. The van der Waals surface area contributed by atoms with Gasteiger partial charge in [-0.25, -0.2) is 9.78 Å². The second kappa shape index (κ2) is 10.3. The molecule has 0 bridgehead atoms. The van der Waals surface area contributed by atoms with E-state index in [4.69, 9.17) is 9.47 Å². The fraction of sp³-hybridized carbons (Fsp3) is 0.417. The van der Waals surface area contributed by atoms with E-state index in [2.05, 4.69) is 10.3 Å². The van der Waals surface area contributed by atoms with Gasteiger partial charge in [-0.2, -0.15) is 0 Å². The number of benzene rings is 1. The molecule has 0 fully saturated rings. The van der Waals surface area contributed by atoms with E-state index in [1.54, 1.807) is 38.1 Å². The van der Waals surface area contributed by atoms with Gasteiger partial charge >= 0.3 is 5.97 Å². The molecule has 0 saturated heterocycles. The zero-order valence-electron chi connectivity index (χ0n) is 18.9. The highest BCUT2D eigenvalue weighted by atomic mass is 16.5. The van der Waals surface area contributed by atoms with E-state index in [1.165, 1.54) is 17.0 Å². The number of nitrogens with zero attached hydrogens (tertiary/aromatic N) is 2. The minimum Gasteiger partial charge on any atom is -0.477 e. The number of aryl methyl sites for hydroxylation is 1. The van der Waals surface area contributed by atoms with Crippen molar-refractivity contribution in [1.29, 1.82) is 0 Å². The normalized spacial score (nSPS) is 15.0. The van der Waals surface area contributed by atoms with Crippen molar-refractivity contribution in [3.63, 3.8) is 0 Å². The molecule has 8 nitrogen and oxygen atoms in total. The van der Waals surface area contributed by atoms with Crippen molar-refractivity contribution in [2.75, 3.05) is 18.1 Å². The van der Waals surface area contributed by atoms with Crippen molar-refractivity contribution in [1.82, 2.24) is 10.3 Å². The molecular weight excluding hydrogens is 410 g/mol. The van der Waals surface area contributed by atoms with Crippen molar-refractivity contribution in [2.45, 2.75) is 52.7 Å². The van der Waals surface area contributed by atoms with Gasteiger partial charge in [-0.05, 0) is 51.0 Å². The number of pyridine rings is 1. The molecule has 32 heavy (non-hydrogen) atoms. The van der Waals surface area contributed by atoms with E-state index in [-0.39, 0.29) is 36.7 Å². The fourth-order valence-corrected chi connectivity index (χ4v) is 3.59. The lowest BCUT2D eigenvalue weighted by Gasteiger charge is -2.34.